The van der Waals surface area contributed by atoms with Gasteiger partial charge in [0.15, 0.2) is 0 Å². The maximum Gasteiger partial charge on any atom is 0.222 e. The lowest BCUT2D eigenvalue weighted by molar-refractivity contribution is 0.147. The van der Waals surface area contributed by atoms with Gasteiger partial charge in [0.2, 0.25) is 5.28 Å². The van der Waals surface area contributed by atoms with E-state index in [9.17, 15) is 0 Å². The summed E-state index contributed by atoms with van der Waals surface area (Å²) < 4.78 is 0. The Labute approximate surface area is 114 Å². The second kappa shape index (κ2) is 6.45. The van der Waals surface area contributed by atoms with Crippen LogP contribution in [-0.4, -0.2) is 33.5 Å². The number of hydrogen-bond donors (Lipinski definition) is 1. The van der Waals surface area contributed by atoms with E-state index >= 15 is 0 Å². The van der Waals surface area contributed by atoms with E-state index in [1.807, 2.05) is 6.07 Å². The quantitative estimate of drug-likeness (QED) is 0.851. The van der Waals surface area contributed by atoms with Crippen molar-refractivity contribution in [3.05, 3.63) is 23.2 Å². The first kappa shape index (κ1) is 13.7. The van der Waals surface area contributed by atoms with Crippen molar-refractivity contribution >= 4 is 11.6 Å². The van der Waals surface area contributed by atoms with E-state index < -0.39 is 0 Å². The summed E-state index contributed by atoms with van der Waals surface area (Å²) >= 11 is 5.82. The number of rotatable bonds is 4. The van der Waals surface area contributed by atoms with Crippen LogP contribution < -0.4 is 5.73 Å². The number of nitrogens with two attached hydrogens (primary N) is 1. The van der Waals surface area contributed by atoms with Crippen LogP contribution in [-0.2, 0) is 6.54 Å². The summed E-state index contributed by atoms with van der Waals surface area (Å²) in [6.45, 7) is 4.07. The normalized spacial score (nSPS) is 24.4. The van der Waals surface area contributed by atoms with Gasteiger partial charge in [0.25, 0.3) is 0 Å². The lowest BCUT2D eigenvalue weighted by Crippen LogP contribution is -2.40. The molecule has 0 spiro atoms. The first-order chi connectivity index (χ1) is 8.69. The molecular weight excluding hydrogens is 248 g/mol. The molecule has 1 fully saturated rings. The average Bonchev–Trinajstić information content (AvgIpc) is 2.37. The number of hydrogen-bond acceptors (Lipinski definition) is 4. The third-order valence-electron chi connectivity index (χ3n) is 3.71. The molecule has 1 aliphatic carbocycles. The molecule has 0 saturated heterocycles. The van der Waals surface area contributed by atoms with Gasteiger partial charge in [-0.25, -0.2) is 9.97 Å². The fourth-order valence-corrected chi connectivity index (χ4v) is 2.80. The van der Waals surface area contributed by atoms with E-state index in [2.05, 4.69) is 21.8 Å². The predicted octanol–water partition coefficient (Wildman–Crippen LogP) is 2.22. The molecule has 0 unspecified atom stereocenters. The van der Waals surface area contributed by atoms with Crippen LogP contribution in [0.2, 0.25) is 5.28 Å². The zero-order valence-electron chi connectivity index (χ0n) is 10.8. The molecule has 0 atom stereocenters. The Kier molecular flexibility index (Phi) is 4.92. The highest BCUT2D eigenvalue weighted by Gasteiger charge is 2.23. The molecule has 1 heterocycles. The van der Waals surface area contributed by atoms with Crippen molar-refractivity contribution in [3.8, 4) is 0 Å². The lowest BCUT2D eigenvalue weighted by Gasteiger charge is -2.35. The van der Waals surface area contributed by atoms with Gasteiger partial charge in [-0.1, -0.05) is 6.92 Å². The molecular formula is C13H21ClN4. The van der Waals surface area contributed by atoms with E-state index in [1.54, 1.807) is 6.20 Å². The van der Waals surface area contributed by atoms with Gasteiger partial charge < -0.3 is 5.73 Å². The average molecular weight is 269 g/mol. The molecule has 1 aliphatic rings. The summed E-state index contributed by atoms with van der Waals surface area (Å²) in [6, 6.07) is 2.96. The Balaban J connectivity index is 1.96. The number of nitrogens with zero attached hydrogens (tertiary/aromatic N) is 3. The zero-order valence-corrected chi connectivity index (χ0v) is 11.6. The molecule has 0 radical (unpaired) electrons. The van der Waals surface area contributed by atoms with E-state index in [-0.39, 0.29) is 0 Å². The first-order valence-electron chi connectivity index (χ1n) is 6.66. The smallest absolute Gasteiger partial charge is 0.222 e. The molecule has 100 valence electrons. The molecule has 0 aromatic carbocycles. The summed E-state index contributed by atoms with van der Waals surface area (Å²) in [4.78, 5) is 10.6. The van der Waals surface area contributed by atoms with E-state index in [0.29, 0.717) is 17.4 Å². The standard InChI is InChI=1S/C13H21ClN4/c1-2-18(12-5-3-10(15)4-6-12)9-11-7-8-16-13(14)17-11/h7-8,10,12H,2-6,9,15H2,1H3. The minimum Gasteiger partial charge on any atom is -0.328 e. The Hall–Kier alpha value is -0.710. The number of aromatic nitrogens is 2. The molecule has 0 bridgehead atoms. The van der Waals surface area contributed by atoms with Crippen molar-refractivity contribution in [2.24, 2.45) is 5.73 Å². The van der Waals surface area contributed by atoms with Crippen molar-refractivity contribution in [3.63, 3.8) is 0 Å². The van der Waals surface area contributed by atoms with Crippen LogP contribution in [0.4, 0.5) is 0 Å². The Morgan fingerprint density at radius 1 is 1.39 bits per heavy atom. The van der Waals surface area contributed by atoms with Crippen molar-refractivity contribution in [1.82, 2.24) is 14.9 Å². The maximum atomic E-state index is 5.95. The Bertz CT molecular complexity index is 377. The molecule has 2 rings (SSSR count). The largest absolute Gasteiger partial charge is 0.328 e. The topological polar surface area (TPSA) is 55.0 Å². The van der Waals surface area contributed by atoms with Gasteiger partial charge in [-0.15, -0.1) is 0 Å². The van der Waals surface area contributed by atoms with Gasteiger partial charge in [0, 0.05) is 24.8 Å². The van der Waals surface area contributed by atoms with Crippen molar-refractivity contribution < 1.29 is 0 Å². The maximum absolute atomic E-state index is 5.95. The van der Waals surface area contributed by atoms with Crippen LogP contribution >= 0.6 is 11.6 Å². The van der Waals surface area contributed by atoms with Crippen molar-refractivity contribution in [1.29, 1.82) is 0 Å². The summed E-state index contributed by atoms with van der Waals surface area (Å²) in [5, 5.41) is 0.328. The molecule has 1 aromatic heterocycles. The summed E-state index contributed by atoms with van der Waals surface area (Å²) in [5.41, 5.74) is 6.95. The summed E-state index contributed by atoms with van der Waals surface area (Å²) in [7, 11) is 0. The van der Waals surface area contributed by atoms with Crippen molar-refractivity contribution in [2.45, 2.75) is 51.2 Å². The third-order valence-corrected chi connectivity index (χ3v) is 3.89. The van der Waals surface area contributed by atoms with Gasteiger partial charge in [0.1, 0.15) is 0 Å². The zero-order chi connectivity index (χ0) is 13.0. The molecule has 0 amide bonds. The fourth-order valence-electron chi connectivity index (χ4n) is 2.63. The van der Waals surface area contributed by atoms with Gasteiger partial charge in [-0.05, 0) is 49.9 Å². The second-order valence-electron chi connectivity index (χ2n) is 4.95. The van der Waals surface area contributed by atoms with Gasteiger partial charge in [-0.2, -0.15) is 0 Å². The van der Waals surface area contributed by atoms with Crippen molar-refractivity contribution in [2.75, 3.05) is 6.54 Å². The lowest BCUT2D eigenvalue weighted by atomic mass is 9.90. The minimum atomic E-state index is 0.328. The van der Waals surface area contributed by atoms with Gasteiger partial charge in [0.05, 0.1) is 5.69 Å². The van der Waals surface area contributed by atoms with Crippen LogP contribution in [0.25, 0.3) is 0 Å². The minimum absolute atomic E-state index is 0.328. The third kappa shape index (κ3) is 3.64. The molecule has 18 heavy (non-hydrogen) atoms. The fraction of sp³-hybridized carbons (Fsp3) is 0.692. The monoisotopic (exact) mass is 268 g/mol. The van der Waals surface area contributed by atoms with Crippen LogP contribution in [0.1, 0.15) is 38.3 Å². The highest BCUT2D eigenvalue weighted by molar-refractivity contribution is 6.28. The van der Waals surface area contributed by atoms with Gasteiger partial charge in [-0.3, -0.25) is 4.90 Å². The highest BCUT2D eigenvalue weighted by atomic mass is 35.5. The Morgan fingerprint density at radius 3 is 2.72 bits per heavy atom. The van der Waals surface area contributed by atoms with Crippen LogP contribution in [0.15, 0.2) is 12.3 Å². The van der Waals surface area contributed by atoms with E-state index in [4.69, 9.17) is 17.3 Å². The second-order valence-corrected chi connectivity index (χ2v) is 5.29. The van der Waals surface area contributed by atoms with Crippen LogP contribution in [0.3, 0.4) is 0 Å². The molecule has 1 saturated carbocycles. The van der Waals surface area contributed by atoms with E-state index in [1.165, 1.54) is 12.8 Å². The number of halogens is 1. The van der Waals surface area contributed by atoms with Gasteiger partial charge >= 0.3 is 0 Å². The van der Waals surface area contributed by atoms with E-state index in [0.717, 1.165) is 31.6 Å². The SMILES string of the molecule is CCN(Cc1ccnc(Cl)n1)C1CCC(N)CC1. The Morgan fingerprint density at radius 2 is 2.11 bits per heavy atom. The van der Waals surface area contributed by atoms with Crippen LogP contribution in [0.5, 0.6) is 0 Å². The highest BCUT2D eigenvalue weighted by Crippen LogP contribution is 2.23. The predicted molar refractivity (Wildman–Crippen MR) is 73.4 cm³/mol. The molecule has 0 aliphatic heterocycles. The summed E-state index contributed by atoms with van der Waals surface area (Å²) in [6.07, 6.45) is 6.36. The van der Waals surface area contributed by atoms with Crippen LogP contribution in [0, 0.1) is 0 Å². The first-order valence-corrected chi connectivity index (χ1v) is 7.04. The molecule has 1 aromatic rings. The summed E-state index contributed by atoms with van der Waals surface area (Å²) in [5.74, 6) is 0. The molecule has 2 N–H and O–H groups in total. The molecule has 5 heteroatoms. The molecule has 4 nitrogen and oxygen atoms in total.